The van der Waals surface area contributed by atoms with Gasteiger partial charge in [-0.1, -0.05) is 0 Å². The van der Waals surface area contributed by atoms with Gasteiger partial charge in [-0.05, 0) is 17.7 Å². The molecule has 0 spiro atoms. The molecule has 1 fully saturated rings. The number of piperazine rings is 1. The summed E-state index contributed by atoms with van der Waals surface area (Å²) in [7, 11) is 5.69. The summed E-state index contributed by atoms with van der Waals surface area (Å²) in [5.74, 6) is 0. The second kappa shape index (κ2) is 4.53. The average molecular weight is 189 g/mol. The highest BCUT2D eigenvalue weighted by Gasteiger charge is 2.13. The highest BCUT2D eigenvalue weighted by atomic mass is 15.2. The van der Waals surface area contributed by atoms with Crippen molar-refractivity contribution >= 4 is 0 Å². The maximum atomic E-state index is 5.69. The highest BCUT2D eigenvalue weighted by molar-refractivity contribution is 5.09. The molecule has 1 saturated heterocycles. The fraction of sp³-hybridized carbons (Fsp3) is 0.455. The molecule has 14 heavy (non-hydrogen) atoms. The highest BCUT2D eigenvalue weighted by Crippen LogP contribution is 2.06. The van der Waals surface area contributed by atoms with E-state index in [0.29, 0.717) is 0 Å². The Hall–Kier alpha value is -0.930. The zero-order valence-corrected chi connectivity index (χ0v) is 8.26. The summed E-state index contributed by atoms with van der Waals surface area (Å²) < 4.78 is 0. The van der Waals surface area contributed by atoms with E-state index < -0.39 is 0 Å². The molecule has 74 valence electrons. The molecular weight excluding hydrogens is 174 g/mol. The van der Waals surface area contributed by atoms with Crippen molar-refractivity contribution in [2.75, 3.05) is 26.2 Å². The third-order valence-corrected chi connectivity index (χ3v) is 2.56. The molecule has 2 rings (SSSR count). The Bertz CT molecular complexity index is 265. The molecule has 0 saturated carbocycles. The zero-order valence-electron chi connectivity index (χ0n) is 8.26. The number of pyridine rings is 1. The van der Waals surface area contributed by atoms with Crippen molar-refractivity contribution in [1.29, 1.82) is 0 Å². The smallest absolute Gasteiger partial charge is 0.0439 e. The van der Waals surface area contributed by atoms with Crippen molar-refractivity contribution in [3.05, 3.63) is 37.1 Å². The minimum atomic E-state index is 0.963. The van der Waals surface area contributed by atoms with Crippen LogP contribution in [0.15, 0.2) is 24.5 Å². The van der Waals surface area contributed by atoms with E-state index in [2.05, 4.69) is 22.0 Å². The van der Waals surface area contributed by atoms with Gasteiger partial charge in [0, 0.05) is 52.2 Å². The van der Waals surface area contributed by atoms with Crippen molar-refractivity contribution in [1.82, 2.24) is 14.8 Å². The molecule has 1 aliphatic rings. The lowest BCUT2D eigenvalue weighted by Gasteiger charge is -2.31. The van der Waals surface area contributed by atoms with Gasteiger partial charge in [0.2, 0.25) is 0 Å². The van der Waals surface area contributed by atoms with Crippen LogP contribution in [0.2, 0.25) is 0 Å². The summed E-state index contributed by atoms with van der Waals surface area (Å²) >= 11 is 0. The first kappa shape index (κ1) is 9.62. The summed E-state index contributed by atoms with van der Waals surface area (Å²) in [5, 5.41) is 0. The molecule has 2 radical (unpaired) electrons. The van der Waals surface area contributed by atoms with Crippen LogP contribution < -0.4 is 0 Å². The van der Waals surface area contributed by atoms with E-state index in [-0.39, 0.29) is 0 Å². The van der Waals surface area contributed by atoms with Gasteiger partial charge in [0.15, 0.2) is 0 Å². The molecule has 3 heteroatoms. The van der Waals surface area contributed by atoms with Crippen LogP contribution in [-0.4, -0.2) is 41.0 Å². The zero-order chi connectivity index (χ0) is 9.80. The van der Waals surface area contributed by atoms with Gasteiger partial charge in [-0.3, -0.25) is 14.8 Å². The number of rotatable bonds is 2. The lowest BCUT2D eigenvalue weighted by Crippen LogP contribution is -2.43. The second-order valence-electron chi connectivity index (χ2n) is 3.67. The Balaban J connectivity index is 1.87. The monoisotopic (exact) mass is 189 g/mol. The molecule has 1 aromatic heterocycles. The third-order valence-electron chi connectivity index (χ3n) is 2.56. The van der Waals surface area contributed by atoms with Crippen LogP contribution >= 0.6 is 0 Å². The van der Waals surface area contributed by atoms with Gasteiger partial charge in [0.1, 0.15) is 0 Å². The minimum Gasteiger partial charge on any atom is -0.297 e. The van der Waals surface area contributed by atoms with E-state index in [0.717, 1.165) is 32.7 Å². The van der Waals surface area contributed by atoms with Crippen LogP contribution in [0.4, 0.5) is 0 Å². The Morgan fingerprint density at radius 3 is 2.43 bits per heavy atom. The number of aromatic nitrogens is 1. The lowest BCUT2D eigenvalue weighted by atomic mass is 10.2. The molecule has 0 aliphatic carbocycles. The van der Waals surface area contributed by atoms with Crippen LogP contribution in [0.3, 0.4) is 0 Å². The van der Waals surface area contributed by atoms with E-state index >= 15 is 0 Å². The topological polar surface area (TPSA) is 19.4 Å². The predicted molar refractivity (Wildman–Crippen MR) is 55.4 cm³/mol. The predicted octanol–water partition coefficient (Wildman–Crippen LogP) is 0.868. The van der Waals surface area contributed by atoms with E-state index in [4.69, 9.17) is 7.05 Å². The first-order chi connectivity index (χ1) is 6.84. The van der Waals surface area contributed by atoms with Crippen LogP contribution in [0.25, 0.3) is 0 Å². The Morgan fingerprint density at radius 2 is 1.79 bits per heavy atom. The van der Waals surface area contributed by atoms with Crippen LogP contribution in [-0.2, 0) is 6.54 Å². The molecule has 0 aromatic carbocycles. The molecule has 3 nitrogen and oxygen atoms in total. The fourth-order valence-electron chi connectivity index (χ4n) is 1.67. The van der Waals surface area contributed by atoms with Crippen molar-refractivity contribution in [3.8, 4) is 0 Å². The molecule has 0 N–H and O–H groups in total. The van der Waals surface area contributed by atoms with E-state index in [1.807, 2.05) is 17.3 Å². The maximum absolute atomic E-state index is 5.69. The third kappa shape index (κ3) is 2.53. The average Bonchev–Trinajstić information content (AvgIpc) is 2.23. The SMILES string of the molecule is [CH]N1CCN(Cc2ccncc2)CC1. The largest absolute Gasteiger partial charge is 0.297 e. The second-order valence-corrected chi connectivity index (χ2v) is 3.67. The summed E-state index contributed by atoms with van der Waals surface area (Å²) in [6, 6.07) is 4.13. The molecule has 0 amide bonds. The Morgan fingerprint density at radius 1 is 1.14 bits per heavy atom. The number of hydrogen-bond acceptors (Lipinski definition) is 3. The van der Waals surface area contributed by atoms with Crippen LogP contribution in [0, 0.1) is 7.05 Å². The Kier molecular flexibility index (Phi) is 3.11. The lowest BCUT2D eigenvalue weighted by molar-refractivity contribution is 0.160. The first-order valence-electron chi connectivity index (χ1n) is 4.95. The summed E-state index contributed by atoms with van der Waals surface area (Å²) in [6.45, 7) is 5.05. The normalized spacial score (nSPS) is 19.8. The summed E-state index contributed by atoms with van der Waals surface area (Å²) in [4.78, 5) is 8.30. The van der Waals surface area contributed by atoms with Crippen molar-refractivity contribution in [2.45, 2.75) is 6.54 Å². The van der Waals surface area contributed by atoms with Crippen molar-refractivity contribution < 1.29 is 0 Å². The van der Waals surface area contributed by atoms with Gasteiger partial charge in [0.25, 0.3) is 0 Å². The van der Waals surface area contributed by atoms with E-state index in [9.17, 15) is 0 Å². The quantitative estimate of drug-likeness (QED) is 0.688. The van der Waals surface area contributed by atoms with Gasteiger partial charge >= 0.3 is 0 Å². The van der Waals surface area contributed by atoms with Gasteiger partial charge < -0.3 is 0 Å². The van der Waals surface area contributed by atoms with E-state index in [1.165, 1.54) is 5.56 Å². The molecule has 2 heterocycles. The fourth-order valence-corrected chi connectivity index (χ4v) is 1.67. The summed E-state index contributed by atoms with van der Waals surface area (Å²) in [5.41, 5.74) is 1.32. The van der Waals surface area contributed by atoms with Gasteiger partial charge in [0.05, 0.1) is 0 Å². The summed E-state index contributed by atoms with van der Waals surface area (Å²) in [6.07, 6.45) is 3.68. The molecule has 0 bridgehead atoms. The first-order valence-corrected chi connectivity index (χ1v) is 4.95. The number of nitrogens with zero attached hydrogens (tertiary/aromatic N) is 3. The van der Waals surface area contributed by atoms with Crippen molar-refractivity contribution in [3.63, 3.8) is 0 Å². The minimum absolute atomic E-state index is 0.963. The Labute approximate surface area is 85.4 Å². The molecular formula is C11H15N3. The van der Waals surface area contributed by atoms with Crippen LogP contribution in [0.1, 0.15) is 5.56 Å². The molecule has 1 aromatic rings. The maximum Gasteiger partial charge on any atom is 0.0439 e. The van der Waals surface area contributed by atoms with Crippen molar-refractivity contribution in [2.24, 2.45) is 0 Å². The van der Waals surface area contributed by atoms with Crippen LogP contribution in [0.5, 0.6) is 0 Å². The van der Waals surface area contributed by atoms with Gasteiger partial charge in [-0.15, -0.1) is 0 Å². The molecule has 1 aliphatic heterocycles. The standard InChI is InChI=1S/C11H15N3/c1-13-6-8-14(9-7-13)10-11-2-4-12-5-3-11/h1-5H,6-10H2. The van der Waals surface area contributed by atoms with Gasteiger partial charge in [-0.2, -0.15) is 0 Å². The molecule has 0 unspecified atom stereocenters. The van der Waals surface area contributed by atoms with E-state index in [1.54, 1.807) is 0 Å². The number of hydrogen-bond donors (Lipinski definition) is 0. The van der Waals surface area contributed by atoms with Gasteiger partial charge in [-0.25, -0.2) is 0 Å². The molecule has 0 atom stereocenters.